The van der Waals surface area contributed by atoms with Gasteiger partial charge in [-0.05, 0) is 13.0 Å². The van der Waals surface area contributed by atoms with E-state index in [2.05, 4.69) is 5.32 Å². The molecule has 0 saturated heterocycles. The summed E-state index contributed by atoms with van der Waals surface area (Å²) in [6, 6.07) is 0. The van der Waals surface area contributed by atoms with Crippen LogP contribution in [0.15, 0.2) is 11.4 Å². The molecule has 0 bridgehead atoms. The van der Waals surface area contributed by atoms with Crippen molar-refractivity contribution in [1.29, 1.82) is 0 Å². The van der Waals surface area contributed by atoms with Gasteiger partial charge in [0.1, 0.15) is 0 Å². The van der Waals surface area contributed by atoms with Crippen LogP contribution in [0, 0.1) is 0 Å². The van der Waals surface area contributed by atoms with Crippen LogP contribution in [0.4, 0.5) is 0 Å². The average molecular weight is 163 g/mol. The third-order valence-corrected chi connectivity index (χ3v) is 2.57. The number of hydrogen-bond acceptors (Lipinski definition) is 2. The van der Waals surface area contributed by atoms with Gasteiger partial charge in [-0.15, -0.1) is 0 Å². The molecule has 0 aromatic heterocycles. The second-order valence-corrected chi connectivity index (χ2v) is 3.86. The van der Waals surface area contributed by atoms with Crippen molar-refractivity contribution in [3.8, 4) is 0 Å². The van der Waals surface area contributed by atoms with Crippen molar-refractivity contribution in [1.82, 2.24) is 5.32 Å². The Morgan fingerprint density at radius 1 is 1.60 bits per heavy atom. The van der Waals surface area contributed by atoms with Gasteiger partial charge in [0.15, 0.2) is 0 Å². The lowest BCUT2D eigenvalue weighted by Crippen LogP contribution is -2.20. The number of rotatable bonds is 1. The van der Waals surface area contributed by atoms with Crippen molar-refractivity contribution >= 4 is 7.60 Å². The lowest BCUT2D eigenvalue weighted by Gasteiger charge is -2.14. The van der Waals surface area contributed by atoms with Crippen molar-refractivity contribution in [3.05, 3.63) is 11.4 Å². The summed E-state index contributed by atoms with van der Waals surface area (Å²) in [7, 11) is -3.92. The standard InChI is InChI=1S/C5H10NO3P/c7-10(8,9)5-1-3-6-4-2-5/h1,6H,2-4H2,(H2,7,8,9). The maximum atomic E-state index is 10.6. The van der Waals surface area contributed by atoms with E-state index in [0.29, 0.717) is 19.5 Å². The minimum atomic E-state index is -3.92. The van der Waals surface area contributed by atoms with E-state index in [4.69, 9.17) is 9.79 Å². The second kappa shape index (κ2) is 2.84. The van der Waals surface area contributed by atoms with Crippen LogP contribution in [0.3, 0.4) is 0 Å². The Bertz CT molecular complexity index is 195. The minimum absolute atomic E-state index is 0.270. The molecule has 0 aromatic carbocycles. The SMILES string of the molecule is O=P(O)(O)C1=CCNCC1. The van der Waals surface area contributed by atoms with E-state index >= 15 is 0 Å². The fraction of sp³-hybridized carbons (Fsp3) is 0.600. The maximum Gasteiger partial charge on any atom is 0.351 e. The molecular weight excluding hydrogens is 153 g/mol. The number of hydrogen-bond donors (Lipinski definition) is 3. The summed E-state index contributed by atoms with van der Waals surface area (Å²) in [5, 5.41) is 3.24. The van der Waals surface area contributed by atoms with E-state index < -0.39 is 7.60 Å². The first-order valence-electron chi connectivity index (χ1n) is 3.06. The first-order valence-corrected chi connectivity index (χ1v) is 4.68. The van der Waals surface area contributed by atoms with Crippen LogP contribution >= 0.6 is 7.60 Å². The molecule has 0 amide bonds. The van der Waals surface area contributed by atoms with Crippen LogP contribution < -0.4 is 5.32 Å². The summed E-state index contributed by atoms with van der Waals surface area (Å²) in [6.45, 7) is 1.23. The zero-order valence-electron chi connectivity index (χ0n) is 5.45. The van der Waals surface area contributed by atoms with Crippen LogP contribution in [0.5, 0.6) is 0 Å². The van der Waals surface area contributed by atoms with Crippen LogP contribution in [-0.4, -0.2) is 22.9 Å². The smallest absolute Gasteiger partial charge is 0.321 e. The Morgan fingerprint density at radius 3 is 2.60 bits per heavy atom. The molecule has 1 aliphatic rings. The van der Waals surface area contributed by atoms with Gasteiger partial charge in [0.05, 0.1) is 0 Å². The maximum absolute atomic E-state index is 10.6. The molecule has 0 fully saturated rings. The summed E-state index contributed by atoms with van der Waals surface area (Å²) in [4.78, 5) is 17.3. The predicted molar refractivity (Wildman–Crippen MR) is 37.6 cm³/mol. The molecule has 10 heavy (non-hydrogen) atoms. The fourth-order valence-corrected chi connectivity index (χ4v) is 1.61. The quantitative estimate of drug-likeness (QED) is 0.477. The highest BCUT2D eigenvalue weighted by molar-refractivity contribution is 7.56. The summed E-state index contributed by atoms with van der Waals surface area (Å²) in [5.41, 5.74) is 0. The van der Waals surface area contributed by atoms with Crippen molar-refractivity contribution < 1.29 is 14.4 Å². The zero-order chi connectivity index (χ0) is 7.61. The average Bonchev–Trinajstić information content (AvgIpc) is 1.88. The van der Waals surface area contributed by atoms with Gasteiger partial charge in [-0.25, -0.2) is 0 Å². The van der Waals surface area contributed by atoms with Crippen LogP contribution in [0.2, 0.25) is 0 Å². The normalized spacial score (nSPS) is 20.4. The lowest BCUT2D eigenvalue weighted by atomic mass is 10.3. The molecule has 5 heteroatoms. The Hall–Kier alpha value is -0.150. The third-order valence-electron chi connectivity index (χ3n) is 1.41. The molecule has 58 valence electrons. The van der Waals surface area contributed by atoms with Crippen LogP contribution in [-0.2, 0) is 4.57 Å². The van der Waals surface area contributed by atoms with Crippen molar-refractivity contribution in [2.24, 2.45) is 0 Å². The topological polar surface area (TPSA) is 69.6 Å². The highest BCUT2D eigenvalue weighted by Gasteiger charge is 2.21. The molecule has 0 unspecified atom stereocenters. The van der Waals surface area contributed by atoms with Gasteiger partial charge in [-0.2, -0.15) is 0 Å². The molecule has 0 saturated carbocycles. The molecule has 1 rings (SSSR count). The van der Waals surface area contributed by atoms with Gasteiger partial charge in [-0.3, -0.25) is 4.57 Å². The molecule has 0 aliphatic carbocycles. The molecule has 3 N–H and O–H groups in total. The van der Waals surface area contributed by atoms with E-state index in [1.54, 1.807) is 6.08 Å². The summed E-state index contributed by atoms with van der Waals surface area (Å²) in [6.07, 6.45) is 2.02. The number of nitrogens with one attached hydrogen (secondary N) is 1. The Labute approximate surface area is 59.1 Å². The van der Waals surface area contributed by atoms with Gasteiger partial charge in [0.2, 0.25) is 0 Å². The molecule has 0 aromatic rings. The summed E-state index contributed by atoms with van der Waals surface area (Å²) < 4.78 is 10.6. The fourth-order valence-electron chi connectivity index (χ4n) is 0.875. The second-order valence-electron chi connectivity index (χ2n) is 2.19. The molecule has 0 radical (unpaired) electrons. The summed E-state index contributed by atoms with van der Waals surface area (Å²) in [5.74, 6) is 0. The molecule has 4 nitrogen and oxygen atoms in total. The van der Waals surface area contributed by atoms with Crippen LogP contribution in [0.1, 0.15) is 6.42 Å². The van der Waals surface area contributed by atoms with E-state index in [1.165, 1.54) is 0 Å². The van der Waals surface area contributed by atoms with Crippen molar-refractivity contribution in [2.45, 2.75) is 6.42 Å². The molecule has 0 spiro atoms. The summed E-state index contributed by atoms with van der Waals surface area (Å²) >= 11 is 0. The van der Waals surface area contributed by atoms with E-state index in [9.17, 15) is 4.57 Å². The minimum Gasteiger partial charge on any atom is -0.321 e. The third kappa shape index (κ3) is 1.92. The predicted octanol–water partition coefficient (Wildman–Crippen LogP) is 0.0413. The van der Waals surface area contributed by atoms with Gasteiger partial charge < -0.3 is 15.1 Å². The Kier molecular flexibility index (Phi) is 2.26. The van der Waals surface area contributed by atoms with Crippen LogP contribution in [0.25, 0.3) is 0 Å². The van der Waals surface area contributed by atoms with Gasteiger partial charge in [0, 0.05) is 11.9 Å². The highest BCUT2D eigenvalue weighted by Crippen LogP contribution is 2.46. The Morgan fingerprint density at radius 2 is 2.30 bits per heavy atom. The molecule has 1 aliphatic heterocycles. The monoisotopic (exact) mass is 163 g/mol. The Balaban J connectivity index is 2.72. The first-order chi connectivity index (χ1) is 4.61. The molecular formula is C5H10NO3P. The van der Waals surface area contributed by atoms with Crippen molar-refractivity contribution in [3.63, 3.8) is 0 Å². The van der Waals surface area contributed by atoms with Gasteiger partial charge in [0.25, 0.3) is 0 Å². The van der Waals surface area contributed by atoms with Crippen molar-refractivity contribution in [2.75, 3.05) is 13.1 Å². The highest BCUT2D eigenvalue weighted by atomic mass is 31.2. The zero-order valence-corrected chi connectivity index (χ0v) is 6.34. The molecule has 1 heterocycles. The van der Waals surface area contributed by atoms with E-state index in [-0.39, 0.29) is 5.31 Å². The van der Waals surface area contributed by atoms with Gasteiger partial charge in [-0.1, -0.05) is 6.08 Å². The largest absolute Gasteiger partial charge is 0.351 e. The molecule has 0 atom stereocenters. The lowest BCUT2D eigenvalue weighted by molar-refractivity contribution is 0.379. The van der Waals surface area contributed by atoms with Gasteiger partial charge >= 0.3 is 7.60 Å². The first kappa shape index (κ1) is 7.95. The van der Waals surface area contributed by atoms with E-state index in [0.717, 1.165) is 0 Å². The van der Waals surface area contributed by atoms with E-state index in [1.807, 2.05) is 0 Å².